The van der Waals surface area contributed by atoms with Gasteiger partial charge in [-0.3, -0.25) is 4.99 Å². The zero-order chi connectivity index (χ0) is 18.2. The minimum absolute atomic E-state index is 0.0490. The van der Waals surface area contributed by atoms with Crippen LogP contribution in [0.1, 0.15) is 39.2 Å². The maximum absolute atomic E-state index is 5.56. The van der Waals surface area contributed by atoms with E-state index in [9.17, 15) is 0 Å². The van der Waals surface area contributed by atoms with E-state index in [-0.39, 0.29) is 10.2 Å². The van der Waals surface area contributed by atoms with E-state index in [4.69, 9.17) is 4.74 Å². The van der Waals surface area contributed by atoms with Crippen molar-refractivity contribution in [3.05, 3.63) is 35.9 Å². The van der Waals surface area contributed by atoms with Gasteiger partial charge in [0, 0.05) is 43.5 Å². The summed E-state index contributed by atoms with van der Waals surface area (Å²) < 4.78 is 5.82. The third-order valence-electron chi connectivity index (χ3n) is 4.91. The first-order chi connectivity index (χ1) is 12.0. The third kappa shape index (κ3) is 5.93. The summed E-state index contributed by atoms with van der Waals surface area (Å²) in [6.45, 7) is 10.2. The molecule has 1 aliphatic heterocycles. The molecule has 0 aromatic heterocycles. The summed E-state index contributed by atoms with van der Waals surface area (Å²) in [5.41, 5.74) is 1.38. The predicted octanol–water partition coefficient (Wildman–Crippen LogP) is 3.43. The van der Waals surface area contributed by atoms with Crippen molar-refractivity contribution in [3.8, 4) is 0 Å². The molecule has 1 fully saturated rings. The van der Waals surface area contributed by atoms with Crippen LogP contribution in [0.15, 0.2) is 35.3 Å². The molecule has 1 heterocycles. The molecular formula is C20H33N3OS. The van der Waals surface area contributed by atoms with Gasteiger partial charge in [0.15, 0.2) is 5.96 Å². The first-order valence-electron chi connectivity index (χ1n) is 9.23. The monoisotopic (exact) mass is 363 g/mol. The normalized spacial score (nSPS) is 18.0. The maximum Gasteiger partial charge on any atom is 0.191 e. The molecule has 5 heteroatoms. The van der Waals surface area contributed by atoms with E-state index < -0.39 is 0 Å². The topological polar surface area (TPSA) is 45.7 Å². The van der Waals surface area contributed by atoms with Crippen molar-refractivity contribution >= 4 is 17.7 Å². The molecule has 0 unspecified atom stereocenters. The van der Waals surface area contributed by atoms with E-state index in [0.717, 1.165) is 50.9 Å². The van der Waals surface area contributed by atoms with Crippen LogP contribution in [-0.4, -0.2) is 49.8 Å². The number of hydrogen-bond acceptors (Lipinski definition) is 3. The number of nitrogens with one attached hydrogen (secondary N) is 2. The molecule has 2 N–H and O–H groups in total. The second-order valence-corrected chi connectivity index (χ2v) is 8.99. The van der Waals surface area contributed by atoms with Crippen molar-refractivity contribution in [2.24, 2.45) is 4.99 Å². The van der Waals surface area contributed by atoms with Gasteiger partial charge in [0.05, 0.1) is 0 Å². The standard InChI is InChI=1S/C20H33N3OS/c1-5-25-20(11-13-24-14-12-20)16-23-18(21-4)22-15-19(2,3)17-9-7-6-8-10-17/h6-10H,5,11-16H2,1-4H3,(H2,21,22,23). The third-order valence-corrected chi connectivity index (χ3v) is 6.36. The molecule has 0 radical (unpaired) electrons. The fourth-order valence-electron chi connectivity index (χ4n) is 3.18. The summed E-state index contributed by atoms with van der Waals surface area (Å²) >= 11 is 2.05. The van der Waals surface area contributed by atoms with Crippen LogP contribution in [0, 0.1) is 0 Å². The van der Waals surface area contributed by atoms with Gasteiger partial charge >= 0.3 is 0 Å². The highest BCUT2D eigenvalue weighted by Gasteiger charge is 2.32. The van der Waals surface area contributed by atoms with Gasteiger partial charge in [0.1, 0.15) is 0 Å². The summed E-state index contributed by atoms with van der Waals surface area (Å²) in [5, 5.41) is 7.06. The number of ether oxygens (including phenoxy) is 1. The van der Waals surface area contributed by atoms with Crippen LogP contribution >= 0.6 is 11.8 Å². The maximum atomic E-state index is 5.56. The Kier molecular flexibility index (Phi) is 7.63. The summed E-state index contributed by atoms with van der Waals surface area (Å²) in [7, 11) is 1.84. The molecular weight excluding hydrogens is 330 g/mol. The van der Waals surface area contributed by atoms with Gasteiger partial charge in [-0.25, -0.2) is 0 Å². The van der Waals surface area contributed by atoms with Crippen molar-refractivity contribution in [1.29, 1.82) is 0 Å². The number of hydrogen-bond donors (Lipinski definition) is 2. The molecule has 25 heavy (non-hydrogen) atoms. The summed E-state index contributed by atoms with van der Waals surface area (Å²) in [5.74, 6) is 2.01. The fourth-order valence-corrected chi connectivity index (χ4v) is 4.43. The fraction of sp³-hybridized carbons (Fsp3) is 0.650. The van der Waals surface area contributed by atoms with Gasteiger partial charge in [-0.15, -0.1) is 0 Å². The van der Waals surface area contributed by atoms with E-state index >= 15 is 0 Å². The Bertz CT molecular complexity index is 534. The molecule has 140 valence electrons. The van der Waals surface area contributed by atoms with Crippen molar-refractivity contribution in [1.82, 2.24) is 10.6 Å². The molecule has 1 aliphatic rings. The van der Waals surface area contributed by atoms with Crippen LogP contribution in [0.3, 0.4) is 0 Å². The second-order valence-electron chi connectivity index (χ2n) is 7.26. The summed E-state index contributed by atoms with van der Waals surface area (Å²) in [4.78, 5) is 4.41. The Hall–Kier alpha value is -1.20. The van der Waals surface area contributed by atoms with Gasteiger partial charge in [0.25, 0.3) is 0 Å². The highest BCUT2D eigenvalue weighted by atomic mass is 32.2. The smallest absolute Gasteiger partial charge is 0.191 e. The van der Waals surface area contributed by atoms with Gasteiger partial charge in [0.2, 0.25) is 0 Å². The van der Waals surface area contributed by atoms with Crippen LogP contribution in [0.4, 0.5) is 0 Å². The lowest BCUT2D eigenvalue weighted by Gasteiger charge is -2.37. The number of thioether (sulfide) groups is 1. The predicted molar refractivity (Wildman–Crippen MR) is 110 cm³/mol. The lowest BCUT2D eigenvalue weighted by Crippen LogP contribution is -2.49. The molecule has 4 nitrogen and oxygen atoms in total. The van der Waals surface area contributed by atoms with E-state index in [2.05, 4.69) is 66.7 Å². The lowest BCUT2D eigenvalue weighted by molar-refractivity contribution is 0.0782. The van der Waals surface area contributed by atoms with Gasteiger partial charge in [-0.1, -0.05) is 51.1 Å². The van der Waals surface area contributed by atoms with Gasteiger partial charge in [-0.2, -0.15) is 11.8 Å². The minimum Gasteiger partial charge on any atom is -0.381 e. The summed E-state index contributed by atoms with van der Waals surface area (Å²) in [6, 6.07) is 10.6. The van der Waals surface area contributed by atoms with Crippen molar-refractivity contribution in [2.75, 3.05) is 39.1 Å². The Morgan fingerprint density at radius 1 is 1.20 bits per heavy atom. The molecule has 1 aromatic carbocycles. The van der Waals surface area contributed by atoms with Crippen LogP contribution in [0.25, 0.3) is 0 Å². The number of nitrogens with zero attached hydrogens (tertiary/aromatic N) is 1. The molecule has 0 bridgehead atoms. The highest BCUT2D eigenvalue weighted by molar-refractivity contribution is 8.00. The van der Waals surface area contributed by atoms with E-state index in [1.807, 2.05) is 18.8 Å². The van der Waals surface area contributed by atoms with Crippen LogP contribution in [0.2, 0.25) is 0 Å². The Morgan fingerprint density at radius 3 is 2.48 bits per heavy atom. The van der Waals surface area contributed by atoms with Crippen LogP contribution in [0.5, 0.6) is 0 Å². The average molecular weight is 364 g/mol. The Morgan fingerprint density at radius 2 is 1.88 bits per heavy atom. The minimum atomic E-state index is 0.0490. The second kappa shape index (κ2) is 9.48. The number of guanidine groups is 1. The van der Waals surface area contributed by atoms with Crippen molar-refractivity contribution < 1.29 is 4.74 Å². The SMILES string of the molecule is CCSC1(CNC(=NC)NCC(C)(C)c2ccccc2)CCOCC1. The van der Waals surface area contributed by atoms with E-state index in [1.54, 1.807) is 0 Å². The first kappa shape index (κ1) is 20.1. The molecule has 1 aromatic rings. The molecule has 0 amide bonds. The van der Waals surface area contributed by atoms with Crippen LogP contribution < -0.4 is 10.6 Å². The highest BCUT2D eigenvalue weighted by Crippen LogP contribution is 2.34. The van der Waals surface area contributed by atoms with Crippen molar-refractivity contribution in [2.45, 2.75) is 43.8 Å². The van der Waals surface area contributed by atoms with Gasteiger partial charge in [-0.05, 0) is 24.2 Å². The average Bonchev–Trinajstić information content (AvgIpc) is 2.63. The lowest BCUT2D eigenvalue weighted by atomic mass is 9.85. The first-order valence-corrected chi connectivity index (χ1v) is 10.2. The zero-order valence-corrected chi connectivity index (χ0v) is 16.9. The zero-order valence-electron chi connectivity index (χ0n) is 16.1. The molecule has 1 saturated heterocycles. The number of aliphatic imine (C=N–C) groups is 1. The summed E-state index contributed by atoms with van der Waals surface area (Å²) in [6.07, 6.45) is 2.20. The van der Waals surface area contributed by atoms with E-state index in [1.165, 1.54) is 5.56 Å². The van der Waals surface area contributed by atoms with Gasteiger partial charge < -0.3 is 15.4 Å². The Labute approximate surface area is 157 Å². The van der Waals surface area contributed by atoms with Crippen molar-refractivity contribution in [3.63, 3.8) is 0 Å². The molecule has 0 spiro atoms. The molecule has 0 aliphatic carbocycles. The van der Waals surface area contributed by atoms with E-state index in [0.29, 0.717) is 0 Å². The Balaban J connectivity index is 1.90. The number of rotatable bonds is 7. The molecule has 0 atom stereocenters. The quantitative estimate of drug-likeness (QED) is 0.575. The van der Waals surface area contributed by atoms with Crippen LogP contribution in [-0.2, 0) is 10.2 Å². The largest absolute Gasteiger partial charge is 0.381 e. The number of benzene rings is 1. The molecule has 2 rings (SSSR count). The molecule has 0 saturated carbocycles.